The van der Waals surface area contributed by atoms with Crippen molar-refractivity contribution >= 4 is 44.7 Å². The van der Waals surface area contributed by atoms with Gasteiger partial charge in [0.05, 0.1) is 10.2 Å². The lowest BCUT2D eigenvalue weighted by atomic mass is 10.1. The normalized spacial score (nSPS) is 12.4. The molecule has 148 valence electrons. The third-order valence-corrected chi connectivity index (χ3v) is 6.00. The van der Waals surface area contributed by atoms with Crippen LogP contribution in [0.3, 0.4) is 0 Å². The Labute approximate surface area is 172 Å². The summed E-state index contributed by atoms with van der Waals surface area (Å²) in [6, 6.07) is 9.20. The second-order valence-corrected chi connectivity index (χ2v) is 8.51. The first-order chi connectivity index (χ1) is 13.2. The molecule has 0 spiro atoms. The first-order valence-electron chi connectivity index (χ1n) is 9.06. The van der Waals surface area contributed by atoms with Crippen LogP contribution in [0.2, 0.25) is 5.02 Å². The number of benzene rings is 2. The number of halogens is 1. The van der Waals surface area contributed by atoms with Crippen LogP contribution in [0.5, 0.6) is 5.75 Å². The number of amides is 1. The molecule has 3 rings (SSSR count). The van der Waals surface area contributed by atoms with E-state index in [0.29, 0.717) is 16.5 Å². The molecule has 0 aliphatic rings. The Bertz CT molecular complexity index is 1080. The van der Waals surface area contributed by atoms with E-state index in [1.807, 2.05) is 52.0 Å². The molecular weight excluding hydrogens is 396 g/mol. The summed E-state index contributed by atoms with van der Waals surface area (Å²) in [5.41, 5.74) is 3.31. The van der Waals surface area contributed by atoms with Gasteiger partial charge in [-0.1, -0.05) is 22.9 Å². The average molecular weight is 419 g/mol. The molecule has 1 N–H and O–H groups in total. The summed E-state index contributed by atoms with van der Waals surface area (Å²) < 4.78 is 8.38. The van der Waals surface area contributed by atoms with Gasteiger partial charge in [-0.15, -0.1) is 0 Å². The van der Waals surface area contributed by atoms with Gasteiger partial charge >= 0.3 is 4.87 Å². The fourth-order valence-corrected chi connectivity index (χ4v) is 4.24. The summed E-state index contributed by atoms with van der Waals surface area (Å²) in [4.78, 5) is 24.7. The van der Waals surface area contributed by atoms with Crippen molar-refractivity contribution in [1.29, 1.82) is 0 Å². The predicted molar refractivity (Wildman–Crippen MR) is 116 cm³/mol. The minimum absolute atomic E-state index is 0.00124. The molecule has 2 aromatic carbocycles. The van der Waals surface area contributed by atoms with Gasteiger partial charge < -0.3 is 10.1 Å². The molecule has 0 aliphatic carbocycles. The second kappa shape index (κ2) is 7.97. The predicted octanol–water partition coefficient (Wildman–Crippen LogP) is 5.32. The van der Waals surface area contributed by atoms with E-state index in [4.69, 9.17) is 16.3 Å². The van der Waals surface area contributed by atoms with Crippen LogP contribution >= 0.6 is 22.9 Å². The number of aromatic nitrogens is 1. The summed E-state index contributed by atoms with van der Waals surface area (Å²) in [5, 5.41) is 3.56. The van der Waals surface area contributed by atoms with Gasteiger partial charge in [0.15, 0.2) is 6.10 Å². The molecule has 1 amide bonds. The van der Waals surface area contributed by atoms with E-state index in [0.717, 1.165) is 21.3 Å². The monoisotopic (exact) mass is 418 g/mol. The molecule has 0 bridgehead atoms. The van der Waals surface area contributed by atoms with Crippen molar-refractivity contribution in [3.63, 3.8) is 0 Å². The van der Waals surface area contributed by atoms with Crippen molar-refractivity contribution in [2.75, 3.05) is 5.32 Å². The Morgan fingerprint density at radius 1 is 1.14 bits per heavy atom. The largest absolute Gasteiger partial charge is 0.481 e. The minimum Gasteiger partial charge on any atom is -0.481 e. The highest BCUT2D eigenvalue weighted by Gasteiger charge is 2.17. The number of aryl methyl sites for hydroxylation is 2. The number of fused-ring (bicyclic) bond motifs is 1. The van der Waals surface area contributed by atoms with E-state index in [1.165, 1.54) is 11.3 Å². The number of hydrogen-bond acceptors (Lipinski definition) is 4. The maximum Gasteiger partial charge on any atom is 0.308 e. The Kier molecular flexibility index (Phi) is 5.82. The van der Waals surface area contributed by atoms with E-state index in [1.54, 1.807) is 17.6 Å². The fourth-order valence-electron chi connectivity index (χ4n) is 3.08. The minimum atomic E-state index is -0.685. The summed E-state index contributed by atoms with van der Waals surface area (Å²) in [7, 11) is 0. The molecule has 3 aromatic rings. The van der Waals surface area contributed by atoms with E-state index in [-0.39, 0.29) is 16.8 Å². The van der Waals surface area contributed by atoms with Crippen molar-refractivity contribution < 1.29 is 9.53 Å². The zero-order valence-corrected chi connectivity index (χ0v) is 18.1. The first kappa shape index (κ1) is 20.4. The van der Waals surface area contributed by atoms with E-state index >= 15 is 0 Å². The van der Waals surface area contributed by atoms with Gasteiger partial charge in [0, 0.05) is 16.8 Å². The van der Waals surface area contributed by atoms with Crippen molar-refractivity contribution in [2.45, 2.75) is 46.8 Å². The molecule has 28 heavy (non-hydrogen) atoms. The third kappa shape index (κ3) is 4.08. The highest BCUT2D eigenvalue weighted by Crippen LogP contribution is 2.27. The fraction of sp³-hybridized carbons (Fsp3) is 0.333. The van der Waals surface area contributed by atoms with Crippen LogP contribution in [0.25, 0.3) is 10.2 Å². The first-order valence-corrected chi connectivity index (χ1v) is 10.3. The van der Waals surface area contributed by atoms with Crippen molar-refractivity contribution in [3.05, 3.63) is 56.1 Å². The van der Waals surface area contributed by atoms with Crippen LogP contribution in [-0.4, -0.2) is 16.6 Å². The zero-order valence-electron chi connectivity index (χ0n) is 16.5. The number of rotatable bonds is 5. The number of ether oxygens (including phenoxy) is 1. The lowest BCUT2D eigenvalue weighted by molar-refractivity contribution is -0.122. The molecule has 1 heterocycles. The Morgan fingerprint density at radius 3 is 2.39 bits per heavy atom. The number of nitrogens with zero attached hydrogens (tertiary/aromatic N) is 1. The zero-order chi connectivity index (χ0) is 20.6. The van der Waals surface area contributed by atoms with Crippen LogP contribution in [0, 0.1) is 13.8 Å². The molecule has 5 nitrogen and oxygen atoms in total. The third-order valence-electron chi connectivity index (χ3n) is 4.49. The number of hydrogen-bond donors (Lipinski definition) is 1. The SMILES string of the molecule is Cc1cc(OC(C)C(=O)Nc2ccc3c(c2)sc(=O)n3C(C)C)cc(C)c1Cl. The van der Waals surface area contributed by atoms with Crippen LogP contribution in [0.4, 0.5) is 5.69 Å². The number of carbonyl (C=O) groups is 1. The molecule has 7 heteroatoms. The van der Waals surface area contributed by atoms with Crippen molar-refractivity contribution in [1.82, 2.24) is 4.57 Å². The maximum atomic E-state index is 12.5. The van der Waals surface area contributed by atoms with Gasteiger partial charge in [0.1, 0.15) is 5.75 Å². The van der Waals surface area contributed by atoms with E-state index in [9.17, 15) is 9.59 Å². The van der Waals surface area contributed by atoms with Gasteiger partial charge in [0.2, 0.25) is 0 Å². The molecule has 0 saturated carbocycles. The van der Waals surface area contributed by atoms with Gasteiger partial charge in [-0.3, -0.25) is 14.2 Å². The summed E-state index contributed by atoms with van der Waals surface area (Å²) in [5.74, 6) is 0.338. The van der Waals surface area contributed by atoms with Crippen molar-refractivity contribution in [3.8, 4) is 5.75 Å². The van der Waals surface area contributed by atoms with Gasteiger partial charge in [-0.05, 0) is 76.1 Å². The lowest BCUT2D eigenvalue weighted by Crippen LogP contribution is -2.30. The summed E-state index contributed by atoms with van der Waals surface area (Å²) in [6.45, 7) is 9.44. The van der Waals surface area contributed by atoms with Crippen LogP contribution in [0.1, 0.15) is 37.9 Å². The number of nitrogens with one attached hydrogen (secondary N) is 1. The molecule has 0 fully saturated rings. The number of carbonyl (C=O) groups excluding carboxylic acids is 1. The van der Waals surface area contributed by atoms with E-state index in [2.05, 4.69) is 5.32 Å². The van der Waals surface area contributed by atoms with Gasteiger partial charge in [-0.2, -0.15) is 0 Å². The molecule has 0 aliphatic heterocycles. The van der Waals surface area contributed by atoms with Gasteiger partial charge in [0.25, 0.3) is 5.91 Å². The smallest absolute Gasteiger partial charge is 0.308 e. The van der Waals surface area contributed by atoms with Crippen LogP contribution in [0.15, 0.2) is 35.1 Å². The second-order valence-electron chi connectivity index (χ2n) is 7.13. The maximum absolute atomic E-state index is 12.5. The lowest BCUT2D eigenvalue weighted by Gasteiger charge is -2.16. The Balaban J connectivity index is 1.76. The van der Waals surface area contributed by atoms with E-state index < -0.39 is 6.10 Å². The topological polar surface area (TPSA) is 60.3 Å². The standard InChI is InChI=1S/C21H23ClN2O3S/c1-11(2)24-17-7-6-15(10-18(17)28-21(24)26)23-20(25)14(5)27-16-8-12(3)19(22)13(4)9-16/h6-11,14H,1-5H3,(H,23,25). The highest BCUT2D eigenvalue weighted by molar-refractivity contribution is 7.16. The summed E-state index contributed by atoms with van der Waals surface area (Å²) in [6.07, 6.45) is -0.685. The molecule has 0 radical (unpaired) electrons. The summed E-state index contributed by atoms with van der Waals surface area (Å²) >= 11 is 7.35. The quantitative estimate of drug-likeness (QED) is 0.609. The Morgan fingerprint density at radius 2 is 1.79 bits per heavy atom. The number of thiazole rings is 1. The van der Waals surface area contributed by atoms with Crippen LogP contribution < -0.4 is 14.9 Å². The van der Waals surface area contributed by atoms with Crippen molar-refractivity contribution in [2.24, 2.45) is 0 Å². The number of anilines is 1. The molecule has 1 aromatic heterocycles. The highest BCUT2D eigenvalue weighted by atomic mass is 35.5. The van der Waals surface area contributed by atoms with Crippen LogP contribution in [-0.2, 0) is 4.79 Å². The average Bonchev–Trinajstić information content (AvgIpc) is 2.94. The Hall–Kier alpha value is -2.31. The molecule has 1 unspecified atom stereocenters. The van der Waals surface area contributed by atoms with Gasteiger partial charge in [-0.25, -0.2) is 0 Å². The molecular formula is C21H23ClN2O3S. The molecule has 1 atom stereocenters. The molecule has 0 saturated heterocycles.